The fraction of sp³-hybridized carbons (Fsp3) is 0.407. The molecule has 9 heteroatoms. The number of aliphatic carboxylic acids is 1. The zero-order valence-electron chi connectivity index (χ0n) is 20.2. The average molecular weight is 498 g/mol. The molecule has 2 saturated heterocycles. The Bertz CT molecular complexity index is 1100. The number of carboxylic acid groups (broad SMARTS) is 1. The van der Waals surface area contributed by atoms with Crippen molar-refractivity contribution in [3.05, 3.63) is 59.7 Å². The normalized spacial score (nSPS) is 19.8. The molecule has 2 heterocycles. The molecule has 2 atom stereocenters. The first-order chi connectivity index (χ1) is 17.4. The SMILES string of the molecule is COc1cc(/C=C/C(=O)N2CC2)ccc1OC[C@H](O)COc1cccc(CC2(C(=O)O)CCCO2)c1. The maximum absolute atomic E-state index is 11.8. The van der Waals surface area contributed by atoms with Crippen LogP contribution in [0, 0.1) is 0 Å². The van der Waals surface area contributed by atoms with Gasteiger partial charge in [0.15, 0.2) is 17.1 Å². The Morgan fingerprint density at radius 1 is 1.14 bits per heavy atom. The van der Waals surface area contributed by atoms with E-state index in [1.54, 1.807) is 47.4 Å². The Morgan fingerprint density at radius 2 is 1.94 bits per heavy atom. The van der Waals surface area contributed by atoms with Crippen LogP contribution in [0.4, 0.5) is 0 Å². The number of amides is 1. The number of aliphatic hydroxyl groups is 1. The lowest BCUT2D eigenvalue weighted by molar-refractivity contribution is -0.159. The molecular formula is C27H31NO8. The van der Waals surface area contributed by atoms with Crippen molar-refractivity contribution < 1.29 is 38.7 Å². The van der Waals surface area contributed by atoms with Gasteiger partial charge in [0.2, 0.25) is 5.91 Å². The van der Waals surface area contributed by atoms with E-state index in [0.717, 1.165) is 30.6 Å². The largest absolute Gasteiger partial charge is 0.493 e. The Morgan fingerprint density at radius 3 is 2.64 bits per heavy atom. The molecule has 4 rings (SSSR count). The number of benzene rings is 2. The van der Waals surface area contributed by atoms with Crippen LogP contribution in [0.15, 0.2) is 48.5 Å². The van der Waals surface area contributed by atoms with Crippen LogP contribution in [0.5, 0.6) is 17.2 Å². The standard InChI is InChI=1S/C27H31NO8/c1-33-24-15-19(7-9-25(30)28-11-12-28)6-8-23(24)35-18-21(29)17-34-22-5-2-4-20(14-22)16-27(26(31)32)10-3-13-36-27/h2,4-9,14-15,21,29H,3,10-13,16-18H2,1H3,(H,31,32)/b9-7+/t21-,27?/m1/s1. The summed E-state index contributed by atoms with van der Waals surface area (Å²) in [4.78, 5) is 25.3. The first-order valence-corrected chi connectivity index (χ1v) is 11.9. The maximum atomic E-state index is 11.8. The number of methoxy groups -OCH3 is 1. The molecule has 2 aliphatic rings. The van der Waals surface area contributed by atoms with Gasteiger partial charge in [-0.3, -0.25) is 4.79 Å². The molecule has 2 aromatic carbocycles. The van der Waals surface area contributed by atoms with Crippen molar-refractivity contribution in [3.8, 4) is 17.2 Å². The molecular weight excluding hydrogens is 466 g/mol. The number of hydrogen-bond acceptors (Lipinski definition) is 7. The highest BCUT2D eigenvalue weighted by Gasteiger charge is 2.42. The first kappa shape index (κ1) is 25.5. The minimum atomic E-state index is -1.19. The second-order valence-electron chi connectivity index (χ2n) is 8.92. The van der Waals surface area contributed by atoms with Gasteiger partial charge < -0.3 is 34.1 Å². The minimum absolute atomic E-state index is 0.00816. The van der Waals surface area contributed by atoms with Gasteiger partial charge in [-0.25, -0.2) is 4.79 Å². The molecule has 36 heavy (non-hydrogen) atoms. The molecule has 1 unspecified atom stereocenters. The van der Waals surface area contributed by atoms with E-state index in [1.807, 2.05) is 6.07 Å². The molecule has 192 valence electrons. The van der Waals surface area contributed by atoms with Gasteiger partial charge in [-0.1, -0.05) is 18.2 Å². The predicted molar refractivity (Wildman–Crippen MR) is 131 cm³/mol. The van der Waals surface area contributed by atoms with E-state index in [0.29, 0.717) is 30.3 Å². The van der Waals surface area contributed by atoms with Crippen molar-refractivity contribution in [1.82, 2.24) is 4.90 Å². The summed E-state index contributed by atoms with van der Waals surface area (Å²) in [5.41, 5.74) is 0.393. The molecule has 1 amide bonds. The zero-order valence-corrected chi connectivity index (χ0v) is 20.2. The van der Waals surface area contributed by atoms with Crippen LogP contribution >= 0.6 is 0 Å². The Kier molecular flexibility index (Phi) is 8.12. The van der Waals surface area contributed by atoms with E-state index < -0.39 is 17.7 Å². The van der Waals surface area contributed by atoms with Gasteiger partial charge >= 0.3 is 5.97 Å². The van der Waals surface area contributed by atoms with Gasteiger partial charge in [0.25, 0.3) is 0 Å². The highest BCUT2D eigenvalue weighted by atomic mass is 16.5. The summed E-state index contributed by atoms with van der Waals surface area (Å²) in [6, 6.07) is 12.4. The number of carboxylic acids is 1. The molecule has 0 radical (unpaired) electrons. The number of carbonyl (C=O) groups excluding carboxylic acids is 1. The summed E-state index contributed by atoms with van der Waals surface area (Å²) in [7, 11) is 1.52. The van der Waals surface area contributed by atoms with Gasteiger partial charge in [-0.05, 0) is 54.3 Å². The summed E-state index contributed by atoms with van der Waals surface area (Å²) < 4.78 is 22.4. The Balaban J connectivity index is 1.28. The van der Waals surface area contributed by atoms with Crippen molar-refractivity contribution in [3.63, 3.8) is 0 Å². The van der Waals surface area contributed by atoms with Crippen LogP contribution in [0.2, 0.25) is 0 Å². The monoisotopic (exact) mass is 497 g/mol. The lowest BCUT2D eigenvalue weighted by Crippen LogP contribution is -2.40. The third-order valence-electron chi connectivity index (χ3n) is 6.12. The highest BCUT2D eigenvalue weighted by molar-refractivity contribution is 5.93. The van der Waals surface area contributed by atoms with Crippen LogP contribution in [-0.2, 0) is 20.7 Å². The summed E-state index contributed by atoms with van der Waals surface area (Å²) in [5, 5.41) is 20.0. The molecule has 9 nitrogen and oxygen atoms in total. The van der Waals surface area contributed by atoms with E-state index in [4.69, 9.17) is 18.9 Å². The van der Waals surface area contributed by atoms with E-state index in [2.05, 4.69) is 0 Å². The Hall–Kier alpha value is -3.56. The van der Waals surface area contributed by atoms with E-state index >= 15 is 0 Å². The van der Waals surface area contributed by atoms with Crippen LogP contribution in [0.3, 0.4) is 0 Å². The van der Waals surface area contributed by atoms with Gasteiger partial charge in [0.1, 0.15) is 25.1 Å². The summed E-state index contributed by atoms with van der Waals surface area (Å²) >= 11 is 0. The molecule has 2 aliphatic heterocycles. The molecule has 2 fully saturated rings. The minimum Gasteiger partial charge on any atom is -0.493 e. The lowest BCUT2D eigenvalue weighted by atomic mass is 9.91. The molecule has 2 N–H and O–H groups in total. The first-order valence-electron chi connectivity index (χ1n) is 11.9. The average Bonchev–Trinajstić information content (AvgIpc) is 3.63. The fourth-order valence-electron chi connectivity index (χ4n) is 4.03. The quantitative estimate of drug-likeness (QED) is 0.340. The third kappa shape index (κ3) is 6.56. The van der Waals surface area contributed by atoms with Crippen molar-refractivity contribution in [1.29, 1.82) is 0 Å². The highest BCUT2D eigenvalue weighted by Crippen LogP contribution is 2.31. The van der Waals surface area contributed by atoms with Gasteiger partial charge in [-0.2, -0.15) is 0 Å². The number of ether oxygens (including phenoxy) is 4. The van der Waals surface area contributed by atoms with E-state index in [-0.39, 0.29) is 25.5 Å². The summed E-state index contributed by atoms with van der Waals surface area (Å²) in [6.07, 6.45) is 3.79. The lowest BCUT2D eigenvalue weighted by Gasteiger charge is -2.23. The fourth-order valence-corrected chi connectivity index (χ4v) is 4.03. The molecule has 0 aromatic heterocycles. The molecule has 2 aromatic rings. The Labute approximate surface area is 209 Å². The number of nitrogens with zero attached hydrogens (tertiary/aromatic N) is 1. The van der Waals surface area contributed by atoms with Crippen molar-refractivity contribution in [2.24, 2.45) is 0 Å². The topological polar surface area (TPSA) is 115 Å². The van der Waals surface area contributed by atoms with Crippen LogP contribution in [0.25, 0.3) is 6.08 Å². The zero-order chi connectivity index (χ0) is 25.5. The number of hydrogen-bond donors (Lipinski definition) is 2. The molecule has 0 bridgehead atoms. The predicted octanol–water partition coefficient (Wildman–Crippen LogP) is 2.55. The van der Waals surface area contributed by atoms with Crippen LogP contribution in [0.1, 0.15) is 24.0 Å². The van der Waals surface area contributed by atoms with Crippen LogP contribution < -0.4 is 14.2 Å². The van der Waals surface area contributed by atoms with Gasteiger partial charge in [0, 0.05) is 32.2 Å². The van der Waals surface area contributed by atoms with Crippen molar-refractivity contribution >= 4 is 18.0 Å². The van der Waals surface area contributed by atoms with Gasteiger partial charge in [0.05, 0.1) is 7.11 Å². The molecule has 0 spiro atoms. The maximum Gasteiger partial charge on any atom is 0.336 e. The van der Waals surface area contributed by atoms with Gasteiger partial charge in [-0.15, -0.1) is 0 Å². The second-order valence-corrected chi connectivity index (χ2v) is 8.92. The van der Waals surface area contributed by atoms with Crippen LogP contribution in [-0.4, -0.2) is 78.7 Å². The summed E-state index contributed by atoms with van der Waals surface area (Å²) in [5.74, 6) is 0.498. The summed E-state index contributed by atoms with van der Waals surface area (Å²) in [6.45, 7) is 2.02. The second kappa shape index (κ2) is 11.5. The number of aliphatic hydroxyl groups excluding tert-OH is 1. The van der Waals surface area contributed by atoms with Crippen molar-refractivity contribution in [2.75, 3.05) is 40.0 Å². The smallest absolute Gasteiger partial charge is 0.336 e. The van der Waals surface area contributed by atoms with Crippen molar-refractivity contribution in [2.45, 2.75) is 31.0 Å². The molecule has 0 aliphatic carbocycles. The number of carbonyl (C=O) groups is 2. The van der Waals surface area contributed by atoms with E-state index in [1.165, 1.54) is 13.2 Å². The number of rotatable bonds is 12. The molecule has 0 saturated carbocycles. The van der Waals surface area contributed by atoms with E-state index in [9.17, 15) is 19.8 Å². The third-order valence-corrected chi connectivity index (χ3v) is 6.12.